The van der Waals surface area contributed by atoms with Gasteiger partial charge in [0.2, 0.25) is 11.8 Å². The predicted molar refractivity (Wildman–Crippen MR) is 391 cm³/mol. The fourth-order valence-corrected chi connectivity index (χ4v) is 14.3. The number of hydrogen-bond acceptors (Lipinski definition) is 9. The van der Waals surface area contributed by atoms with E-state index >= 15 is 0 Å². The summed E-state index contributed by atoms with van der Waals surface area (Å²) in [4.78, 5) is 82.3. The molecule has 12 rings (SSSR count). The van der Waals surface area contributed by atoms with Crippen molar-refractivity contribution in [1.82, 2.24) is 42.9 Å². The zero-order valence-electron chi connectivity index (χ0n) is 58.1. The van der Waals surface area contributed by atoms with Crippen molar-refractivity contribution in [1.29, 1.82) is 0 Å². The first-order valence-electron chi connectivity index (χ1n) is 33.8. The quantitative estimate of drug-likeness (QED) is 0.0397. The molecular weight excluding hydrogens is 1470 g/mol. The van der Waals surface area contributed by atoms with Gasteiger partial charge in [-0.15, -0.1) is 0 Å². The number of nitrogens with one attached hydrogen (secondary N) is 2. The molecule has 3 aliphatic heterocycles. The minimum absolute atomic E-state index is 0.100. The van der Waals surface area contributed by atoms with Gasteiger partial charge in [0.05, 0.1) is 64.5 Å². The van der Waals surface area contributed by atoms with Gasteiger partial charge in [0.15, 0.2) is 0 Å². The van der Waals surface area contributed by atoms with Crippen LogP contribution in [-0.4, -0.2) is 129 Å². The molecule has 0 atom stereocenters. The second-order valence-electron chi connectivity index (χ2n) is 28.1. The number of amides is 2. The van der Waals surface area contributed by atoms with Crippen molar-refractivity contribution in [2.45, 2.75) is 142 Å². The van der Waals surface area contributed by atoms with Gasteiger partial charge in [-0.1, -0.05) is 92.3 Å². The molecule has 3 fully saturated rings. The lowest BCUT2D eigenvalue weighted by atomic mass is 10.0. The number of alkyl halides is 9. The van der Waals surface area contributed by atoms with Crippen LogP contribution in [0.1, 0.15) is 55.2 Å². The molecule has 9 heterocycles. The van der Waals surface area contributed by atoms with Crippen LogP contribution in [-0.2, 0) is 75.5 Å². The van der Waals surface area contributed by atoms with Gasteiger partial charge in [0, 0.05) is 109 Å². The number of H-pyrrole nitrogens is 1. The number of halogens is 12. The van der Waals surface area contributed by atoms with Crippen LogP contribution in [0, 0.1) is 0 Å². The number of carbonyl (C=O) groups excluding carboxylic acids is 2. The van der Waals surface area contributed by atoms with Crippen LogP contribution < -0.4 is 22.0 Å². The molecular formula is C72H81Cl3F9N9O9Si2. The number of rotatable bonds is 19. The molecule has 0 spiro atoms. The van der Waals surface area contributed by atoms with Crippen LogP contribution in [0.15, 0.2) is 124 Å². The Morgan fingerprint density at radius 1 is 0.481 bits per heavy atom. The number of hydrogen-bond donors (Lipinski definition) is 3. The van der Waals surface area contributed by atoms with Crippen LogP contribution in [0.25, 0.3) is 66.1 Å². The van der Waals surface area contributed by atoms with Crippen molar-refractivity contribution < 1.29 is 68.5 Å². The van der Waals surface area contributed by atoms with Crippen LogP contribution in [0.5, 0.6) is 0 Å². The molecule has 0 aliphatic carbocycles. The predicted octanol–water partition coefficient (Wildman–Crippen LogP) is 16.3. The van der Waals surface area contributed by atoms with E-state index in [-0.39, 0.29) is 76.8 Å². The van der Waals surface area contributed by atoms with Gasteiger partial charge in [-0.3, -0.25) is 28.8 Å². The fourth-order valence-electron chi connectivity index (χ4n) is 12.1. The fraction of sp³-hybridized carbons (Fsp3) is 0.417. The maximum atomic E-state index is 13.6. The Morgan fingerprint density at radius 3 is 1.18 bits per heavy atom. The molecule has 0 saturated carbocycles. The topological polar surface area (TPSA) is 200 Å². The van der Waals surface area contributed by atoms with E-state index in [1.807, 2.05) is 0 Å². The minimum Gasteiger partial charge on any atom is -0.480 e. The molecule has 6 aromatic heterocycles. The lowest BCUT2D eigenvalue weighted by Gasteiger charge is -2.16. The Kier molecular flexibility index (Phi) is 26.0. The van der Waals surface area contributed by atoms with E-state index in [1.165, 1.54) is 77.9 Å². The summed E-state index contributed by atoms with van der Waals surface area (Å²) >= 11 is 17.3. The molecule has 0 unspecified atom stereocenters. The molecule has 0 radical (unpaired) electrons. The third-order valence-electron chi connectivity index (χ3n) is 17.8. The third kappa shape index (κ3) is 20.4. The summed E-state index contributed by atoms with van der Waals surface area (Å²) < 4.78 is 139. The first-order valence-corrected chi connectivity index (χ1v) is 42.3. The van der Waals surface area contributed by atoms with Crippen LogP contribution in [0.2, 0.25) is 66.4 Å². The highest BCUT2D eigenvalue weighted by Crippen LogP contribution is 2.42. The average molecular weight is 1550 g/mol. The highest BCUT2D eigenvalue weighted by atomic mass is 35.5. The SMILES string of the molecule is C1CCNC1.C[Si](C)(C)CCOCn1cc(-c2ccc(Cl)c(C(F)(F)F)c2)c2c(=O)n(CC(=O)N3CCCC3)ccc21.C[Si](C)(C)CCOCn1cc(-c2ccc(Cl)c(C(F)(F)F)c2)c2c(=O)n(CC(=O)O)ccc21.O=C(Cn1ccc2[nH]cc(-c3ccc(Cl)c(C(F)(F)F)c3)c2c1=O)N1CCCC1. The molecule has 3 aliphatic rings. The largest absolute Gasteiger partial charge is 0.480 e. The normalized spacial score (nSPS) is 14.4. The zero-order chi connectivity index (χ0) is 75.8. The Balaban J connectivity index is 0.000000176. The van der Waals surface area contributed by atoms with E-state index in [4.69, 9.17) is 49.4 Å². The summed E-state index contributed by atoms with van der Waals surface area (Å²) in [5.74, 6) is -1.51. The summed E-state index contributed by atoms with van der Waals surface area (Å²) in [7, 11) is -2.63. The van der Waals surface area contributed by atoms with E-state index in [1.54, 1.807) is 55.7 Å². The summed E-state index contributed by atoms with van der Waals surface area (Å²) in [5, 5.41) is 11.6. The summed E-state index contributed by atoms with van der Waals surface area (Å²) in [5.41, 5.74) is -1.53. The molecule has 560 valence electrons. The number of carboxylic acid groups (broad SMARTS) is 1. The van der Waals surface area contributed by atoms with Crippen molar-refractivity contribution in [3.63, 3.8) is 0 Å². The maximum Gasteiger partial charge on any atom is 0.417 e. The highest BCUT2D eigenvalue weighted by Gasteiger charge is 2.37. The Morgan fingerprint density at radius 2 is 0.837 bits per heavy atom. The monoisotopic (exact) mass is 1550 g/mol. The third-order valence-corrected chi connectivity index (χ3v) is 22.2. The molecule has 18 nitrogen and oxygen atoms in total. The van der Waals surface area contributed by atoms with Crippen LogP contribution in [0.3, 0.4) is 0 Å². The maximum absolute atomic E-state index is 13.6. The standard InChI is InChI=1S/C26H31ClF3N3O3Si.C22H24ClF3N2O4Si.C20H17ClF3N3O2.C4H9N/c1-37(2,3)13-12-36-17-33-15-19(18-6-7-21(27)20(14-18)26(28,29)30)24-22(33)8-11-32(25(24)35)16-23(34)31-9-4-5-10-31;1-33(2,3)9-8-32-13-28-11-15(14-4-5-17(23)16(10-14)22(24,25)26)20-18(28)6-7-27(21(20)31)12-19(29)30;21-15-4-3-12(9-14(15)20(22,23)24)13-10-25-16-5-8-27(19(29)18(13)16)11-17(28)26-6-1-2-7-26;1-2-4-5-3-1/h6-8,11,14-15H,4-5,9-10,12-13,16-17H2,1-3H3;4-7,10-11H,8-9,12-13H2,1-3H3,(H,29,30);3-5,8-10,25H,1-2,6-7,11H2;5H,1-4H2. The van der Waals surface area contributed by atoms with E-state index in [2.05, 4.69) is 49.6 Å². The molecule has 104 heavy (non-hydrogen) atoms. The van der Waals surface area contributed by atoms with Crippen molar-refractivity contribution >= 4 is 101 Å². The average Bonchev–Trinajstić information content (AvgIpc) is 1.61. The van der Waals surface area contributed by atoms with Crippen LogP contribution in [0.4, 0.5) is 39.5 Å². The second-order valence-corrected chi connectivity index (χ2v) is 40.5. The first-order chi connectivity index (χ1) is 48.9. The van der Waals surface area contributed by atoms with Gasteiger partial charge in [-0.05, 0) is 135 Å². The Hall–Kier alpha value is -7.91. The molecule has 0 bridgehead atoms. The van der Waals surface area contributed by atoms with E-state index in [9.17, 15) is 68.3 Å². The number of carboxylic acids is 1. The van der Waals surface area contributed by atoms with Gasteiger partial charge in [-0.25, -0.2) is 0 Å². The number of ether oxygens (including phenoxy) is 2. The highest BCUT2D eigenvalue weighted by molar-refractivity contribution is 6.76. The summed E-state index contributed by atoms with van der Waals surface area (Å²) in [6.45, 7) is 19.1. The molecule has 2 amide bonds. The second kappa shape index (κ2) is 33.7. The van der Waals surface area contributed by atoms with Crippen molar-refractivity contribution in [2.24, 2.45) is 0 Å². The van der Waals surface area contributed by atoms with Gasteiger partial charge >= 0.3 is 24.5 Å². The van der Waals surface area contributed by atoms with Crippen molar-refractivity contribution in [3.8, 4) is 33.4 Å². The van der Waals surface area contributed by atoms with Gasteiger partial charge in [0.25, 0.3) is 16.7 Å². The van der Waals surface area contributed by atoms with Gasteiger partial charge in [-0.2, -0.15) is 39.5 Å². The summed E-state index contributed by atoms with van der Waals surface area (Å²) in [6.07, 6.45) is 1.71. The molecule has 3 N–H and O–H groups in total. The minimum atomic E-state index is -4.67. The van der Waals surface area contributed by atoms with Gasteiger partial charge < -0.3 is 57.5 Å². The number of nitrogens with zero attached hydrogens (tertiary/aromatic N) is 7. The number of pyridine rings is 3. The van der Waals surface area contributed by atoms with Crippen molar-refractivity contribution in [2.75, 3.05) is 52.5 Å². The van der Waals surface area contributed by atoms with E-state index < -0.39 is 95.6 Å². The Bertz CT molecular complexity index is 4760. The summed E-state index contributed by atoms with van der Waals surface area (Å²) in [6, 6.07) is 17.3. The molecule has 3 saturated heterocycles. The first kappa shape index (κ1) is 80.2. The number of aromatic amines is 1. The molecule has 9 aromatic rings. The zero-order valence-corrected chi connectivity index (χ0v) is 62.4. The number of aromatic nitrogens is 6. The number of benzene rings is 3. The number of carbonyl (C=O) groups is 3. The van der Waals surface area contributed by atoms with Crippen molar-refractivity contribution in [3.05, 3.63) is 173 Å². The number of likely N-dealkylation sites (tertiary alicyclic amines) is 2. The lowest BCUT2D eigenvalue weighted by molar-refractivity contribution is -0.138. The van der Waals surface area contributed by atoms with E-state index in [0.29, 0.717) is 67.1 Å². The van der Waals surface area contributed by atoms with Gasteiger partial charge in [0.1, 0.15) is 33.1 Å². The lowest BCUT2D eigenvalue weighted by Crippen LogP contribution is -2.34. The number of fused-ring (bicyclic) bond motifs is 3. The van der Waals surface area contributed by atoms with Crippen LogP contribution >= 0.6 is 34.8 Å². The number of aliphatic carboxylic acids is 1. The van der Waals surface area contributed by atoms with E-state index in [0.717, 1.165) is 72.7 Å². The molecule has 3 aromatic carbocycles. The smallest absolute Gasteiger partial charge is 0.417 e. The molecule has 32 heteroatoms. The Labute approximate surface area is 609 Å².